The third kappa shape index (κ3) is 2.09. The van der Waals surface area contributed by atoms with E-state index in [1.54, 1.807) is 0 Å². The Kier molecular flexibility index (Phi) is 3.50. The van der Waals surface area contributed by atoms with Crippen molar-refractivity contribution in [3.63, 3.8) is 0 Å². The number of fused-ring (bicyclic) bond motifs is 2. The van der Waals surface area contributed by atoms with Gasteiger partial charge in [0.25, 0.3) is 0 Å². The van der Waals surface area contributed by atoms with Crippen LogP contribution in [0.25, 0.3) is 0 Å². The lowest BCUT2D eigenvalue weighted by atomic mass is 9.91. The van der Waals surface area contributed by atoms with Crippen LogP contribution >= 0.6 is 0 Å². The van der Waals surface area contributed by atoms with Crippen LogP contribution in [-0.2, 0) is 4.79 Å². The molecule has 0 radical (unpaired) electrons. The van der Waals surface area contributed by atoms with Crippen molar-refractivity contribution in [3.8, 4) is 0 Å². The van der Waals surface area contributed by atoms with Gasteiger partial charge in [0.1, 0.15) is 6.04 Å². The van der Waals surface area contributed by atoms with E-state index in [0.717, 1.165) is 13.0 Å². The fraction of sp³-hybridized carbons (Fsp3) is 0.917. The summed E-state index contributed by atoms with van der Waals surface area (Å²) in [4.78, 5) is 15.8. The van der Waals surface area contributed by atoms with Gasteiger partial charge in [-0.05, 0) is 45.3 Å². The van der Waals surface area contributed by atoms with E-state index in [0.29, 0.717) is 18.4 Å². The first-order valence-electron chi connectivity index (χ1n) is 6.30. The second-order valence-corrected chi connectivity index (χ2v) is 5.13. The summed E-state index contributed by atoms with van der Waals surface area (Å²) in [6, 6.07) is 0.164. The summed E-state index contributed by atoms with van der Waals surface area (Å²) in [7, 11) is 1.99. The largest absolute Gasteiger partial charge is 0.480 e. The van der Waals surface area contributed by atoms with Crippen LogP contribution in [0.1, 0.15) is 26.2 Å². The van der Waals surface area contributed by atoms with Gasteiger partial charge < -0.3 is 10.0 Å². The molecule has 1 N–H and O–H groups in total. The number of piperidine rings is 1. The highest BCUT2D eigenvalue weighted by atomic mass is 16.4. The summed E-state index contributed by atoms with van der Waals surface area (Å²) in [6.07, 6.45) is 3.06. The zero-order valence-corrected chi connectivity index (χ0v) is 10.2. The number of carbonyl (C=O) groups is 1. The lowest BCUT2D eigenvalue weighted by Crippen LogP contribution is -2.51. The number of aliphatic carboxylic acids is 1. The van der Waals surface area contributed by atoms with E-state index in [-0.39, 0.29) is 6.04 Å². The van der Waals surface area contributed by atoms with E-state index in [2.05, 4.69) is 9.80 Å². The monoisotopic (exact) mass is 226 g/mol. The molecule has 4 atom stereocenters. The van der Waals surface area contributed by atoms with Crippen molar-refractivity contribution in [1.29, 1.82) is 0 Å². The predicted octanol–water partition coefficient (Wildman–Crippen LogP) is 0.876. The Hall–Kier alpha value is -0.610. The van der Waals surface area contributed by atoms with Crippen molar-refractivity contribution in [1.82, 2.24) is 9.80 Å². The van der Waals surface area contributed by atoms with E-state index in [9.17, 15) is 9.90 Å². The summed E-state index contributed by atoms with van der Waals surface area (Å²) in [5, 5.41) is 9.19. The van der Waals surface area contributed by atoms with Crippen molar-refractivity contribution in [2.45, 2.75) is 38.3 Å². The molecule has 2 fully saturated rings. The number of carboxylic acids is 1. The summed E-state index contributed by atoms with van der Waals surface area (Å²) in [5.74, 6) is 0.0116. The molecule has 2 aliphatic rings. The van der Waals surface area contributed by atoms with Crippen molar-refractivity contribution in [3.05, 3.63) is 0 Å². The number of hydrogen-bond acceptors (Lipinski definition) is 3. The van der Waals surface area contributed by atoms with E-state index < -0.39 is 5.97 Å². The van der Waals surface area contributed by atoms with Gasteiger partial charge in [-0.15, -0.1) is 0 Å². The van der Waals surface area contributed by atoms with Crippen LogP contribution in [0.3, 0.4) is 0 Å². The predicted molar refractivity (Wildman–Crippen MR) is 62.4 cm³/mol. The molecule has 4 heteroatoms. The average molecular weight is 226 g/mol. The number of carboxylic acid groups (broad SMARTS) is 1. The highest BCUT2D eigenvalue weighted by Crippen LogP contribution is 2.31. The second kappa shape index (κ2) is 4.72. The molecule has 2 saturated heterocycles. The topological polar surface area (TPSA) is 43.8 Å². The van der Waals surface area contributed by atoms with Crippen LogP contribution in [0.2, 0.25) is 0 Å². The molecular formula is C12H22N2O2. The minimum absolute atomic E-state index is 0.308. The lowest BCUT2D eigenvalue weighted by molar-refractivity contribution is -0.144. The first-order valence-corrected chi connectivity index (χ1v) is 6.30. The van der Waals surface area contributed by atoms with E-state index >= 15 is 0 Å². The second-order valence-electron chi connectivity index (χ2n) is 5.13. The third-order valence-corrected chi connectivity index (χ3v) is 4.28. The van der Waals surface area contributed by atoms with Crippen molar-refractivity contribution < 1.29 is 9.90 Å². The lowest BCUT2D eigenvalue weighted by Gasteiger charge is -2.39. The summed E-state index contributed by atoms with van der Waals surface area (Å²) < 4.78 is 0. The molecule has 2 heterocycles. The van der Waals surface area contributed by atoms with Gasteiger partial charge in [0.05, 0.1) is 0 Å². The zero-order chi connectivity index (χ0) is 11.7. The maximum atomic E-state index is 11.2. The molecule has 16 heavy (non-hydrogen) atoms. The molecule has 0 spiro atoms. The maximum absolute atomic E-state index is 11.2. The minimum atomic E-state index is -0.676. The Bertz CT molecular complexity index is 270. The molecule has 0 amide bonds. The highest BCUT2D eigenvalue weighted by molar-refractivity contribution is 5.73. The van der Waals surface area contributed by atoms with Crippen LogP contribution in [0, 0.1) is 5.92 Å². The SMILES string of the molecule is CCC(C(=O)O)N(C)C1CCN2CCC1C2. The van der Waals surface area contributed by atoms with Crippen LogP contribution in [-0.4, -0.2) is 59.6 Å². The van der Waals surface area contributed by atoms with Crippen LogP contribution in [0.5, 0.6) is 0 Å². The summed E-state index contributed by atoms with van der Waals surface area (Å²) >= 11 is 0. The number of rotatable bonds is 4. The fourth-order valence-corrected chi connectivity index (χ4v) is 3.33. The van der Waals surface area contributed by atoms with E-state index in [1.165, 1.54) is 19.5 Å². The number of nitrogens with zero attached hydrogens (tertiary/aromatic N) is 2. The van der Waals surface area contributed by atoms with Crippen LogP contribution in [0.4, 0.5) is 0 Å². The molecule has 2 bridgehead atoms. The van der Waals surface area contributed by atoms with E-state index in [1.807, 2.05) is 14.0 Å². The summed E-state index contributed by atoms with van der Waals surface area (Å²) in [5.41, 5.74) is 0. The molecule has 92 valence electrons. The fourth-order valence-electron chi connectivity index (χ4n) is 3.33. The smallest absolute Gasteiger partial charge is 0.320 e. The van der Waals surface area contributed by atoms with Crippen molar-refractivity contribution in [2.75, 3.05) is 26.7 Å². The Morgan fingerprint density at radius 3 is 2.81 bits per heavy atom. The van der Waals surface area contributed by atoms with Gasteiger partial charge in [-0.2, -0.15) is 0 Å². The summed E-state index contributed by atoms with van der Waals surface area (Å²) in [6.45, 7) is 5.48. The Morgan fingerprint density at radius 2 is 2.19 bits per heavy atom. The van der Waals surface area contributed by atoms with Gasteiger partial charge in [0.15, 0.2) is 0 Å². The molecule has 0 aromatic rings. The van der Waals surface area contributed by atoms with Gasteiger partial charge in [0, 0.05) is 12.6 Å². The Labute approximate surface area is 97.2 Å². The van der Waals surface area contributed by atoms with Gasteiger partial charge in [-0.3, -0.25) is 9.69 Å². The Balaban J connectivity index is 2.02. The molecule has 0 aliphatic carbocycles. The first kappa shape index (κ1) is 11.9. The van der Waals surface area contributed by atoms with Gasteiger partial charge in [-0.25, -0.2) is 0 Å². The molecule has 0 aromatic carbocycles. The molecule has 4 unspecified atom stereocenters. The van der Waals surface area contributed by atoms with Crippen molar-refractivity contribution in [2.24, 2.45) is 5.92 Å². The zero-order valence-electron chi connectivity index (χ0n) is 10.2. The molecule has 2 rings (SSSR count). The third-order valence-electron chi connectivity index (χ3n) is 4.28. The molecule has 0 saturated carbocycles. The molecule has 2 aliphatic heterocycles. The number of hydrogen-bond donors (Lipinski definition) is 1. The first-order chi connectivity index (χ1) is 7.63. The maximum Gasteiger partial charge on any atom is 0.320 e. The van der Waals surface area contributed by atoms with Crippen LogP contribution in [0.15, 0.2) is 0 Å². The standard InChI is InChI=1S/C12H22N2O2/c1-3-10(12(15)16)13(2)11-5-7-14-6-4-9(11)8-14/h9-11H,3-8H2,1-2H3,(H,15,16). The van der Waals surface area contributed by atoms with Gasteiger partial charge >= 0.3 is 5.97 Å². The molecular weight excluding hydrogens is 204 g/mol. The number of likely N-dealkylation sites (N-methyl/N-ethyl adjacent to an activating group) is 1. The van der Waals surface area contributed by atoms with Crippen molar-refractivity contribution >= 4 is 5.97 Å². The average Bonchev–Trinajstić information content (AvgIpc) is 2.61. The molecule has 4 nitrogen and oxygen atoms in total. The van der Waals surface area contributed by atoms with Crippen LogP contribution < -0.4 is 0 Å². The normalized spacial score (nSPS) is 35.3. The quantitative estimate of drug-likeness (QED) is 0.772. The van der Waals surface area contributed by atoms with Gasteiger partial charge in [-0.1, -0.05) is 6.92 Å². The minimum Gasteiger partial charge on any atom is -0.480 e. The highest BCUT2D eigenvalue weighted by Gasteiger charge is 2.39. The van der Waals surface area contributed by atoms with E-state index in [4.69, 9.17) is 0 Å². The molecule has 0 aromatic heterocycles. The van der Waals surface area contributed by atoms with Gasteiger partial charge in [0.2, 0.25) is 0 Å². The Morgan fingerprint density at radius 1 is 1.50 bits per heavy atom.